The number of halogens is 1. The van der Waals surface area contributed by atoms with E-state index in [1.54, 1.807) is 29.1 Å². The molecule has 114 valence electrons. The molecule has 0 radical (unpaired) electrons. The number of rotatable bonds is 5. The number of non-ortho nitro benzene ring substituents is 1. The number of hydrogen-bond acceptors (Lipinski definition) is 4. The Morgan fingerprint density at radius 2 is 2.00 bits per heavy atom. The summed E-state index contributed by atoms with van der Waals surface area (Å²) in [4.78, 5) is 21.8. The highest BCUT2D eigenvalue weighted by Gasteiger charge is 2.07. The lowest BCUT2D eigenvalue weighted by atomic mass is 10.2. The Balaban J connectivity index is 0.00000242. The predicted octanol–water partition coefficient (Wildman–Crippen LogP) is -1.96. The second kappa shape index (κ2) is 8.48. The number of nitrogens with zero attached hydrogens (tertiary/aromatic N) is 3. The van der Waals surface area contributed by atoms with Crippen LogP contribution in [0.15, 0.2) is 60.0 Å². The fourth-order valence-corrected chi connectivity index (χ4v) is 1.64. The minimum Gasteiger partial charge on any atom is -1.00 e. The van der Waals surface area contributed by atoms with E-state index in [9.17, 15) is 14.9 Å². The van der Waals surface area contributed by atoms with Crippen LogP contribution in [0.25, 0.3) is 0 Å². The van der Waals surface area contributed by atoms with Crippen LogP contribution in [-0.2, 0) is 11.3 Å². The summed E-state index contributed by atoms with van der Waals surface area (Å²) >= 11 is 0. The Labute approximate surface area is 132 Å². The molecular formula is C14H13ClN4O3. The van der Waals surface area contributed by atoms with Gasteiger partial charge in [0.15, 0.2) is 12.4 Å². The molecule has 8 heteroatoms. The molecule has 7 nitrogen and oxygen atoms in total. The third-order valence-corrected chi connectivity index (χ3v) is 2.59. The van der Waals surface area contributed by atoms with Gasteiger partial charge in [-0.05, 0) is 0 Å². The van der Waals surface area contributed by atoms with Gasteiger partial charge >= 0.3 is 5.91 Å². The van der Waals surface area contributed by atoms with Gasteiger partial charge in [-0.2, -0.15) is 9.67 Å². The molecule has 0 saturated carbocycles. The Kier molecular flexibility index (Phi) is 6.65. The fourth-order valence-electron chi connectivity index (χ4n) is 1.64. The fraction of sp³-hybridized carbons (Fsp3) is 0.0714. The Hall–Kier alpha value is -2.80. The van der Waals surface area contributed by atoms with Gasteiger partial charge in [0.05, 0.1) is 11.1 Å². The molecule has 1 heterocycles. The molecule has 0 aliphatic carbocycles. The van der Waals surface area contributed by atoms with Gasteiger partial charge in [-0.3, -0.25) is 14.9 Å². The maximum atomic E-state index is 11.6. The monoisotopic (exact) mass is 320 g/mol. The quantitative estimate of drug-likeness (QED) is 0.300. The molecular weight excluding hydrogens is 308 g/mol. The zero-order chi connectivity index (χ0) is 15.1. The predicted molar refractivity (Wildman–Crippen MR) is 75.5 cm³/mol. The van der Waals surface area contributed by atoms with Crippen molar-refractivity contribution in [1.82, 2.24) is 5.43 Å². The molecule has 2 aromatic rings. The molecule has 1 aromatic carbocycles. The van der Waals surface area contributed by atoms with E-state index in [1.807, 2.05) is 18.2 Å². The summed E-state index contributed by atoms with van der Waals surface area (Å²) in [5, 5.41) is 14.4. The molecule has 1 amide bonds. The number of hydrogen-bond donors (Lipinski definition) is 1. The number of nitrogens with one attached hydrogen (secondary N) is 1. The molecule has 0 fully saturated rings. The van der Waals surface area contributed by atoms with Crippen molar-refractivity contribution in [3.8, 4) is 0 Å². The lowest BCUT2D eigenvalue weighted by molar-refractivity contribution is -0.684. The lowest BCUT2D eigenvalue weighted by Crippen LogP contribution is -3.00. The van der Waals surface area contributed by atoms with E-state index in [0.29, 0.717) is 5.56 Å². The number of hydrazone groups is 1. The highest BCUT2D eigenvalue weighted by atomic mass is 35.5. The topological polar surface area (TPSA) is 88.5 Å². The zero-order valence-corrected chi connectivity index (χ0v) is 12.2. The smallest absolute Gasteiger partial charge is 0.305 e. The van der Waals surface area contributed by atoms with Crippen LogP contribution in [0.5, 0.6) is 0 Å². The maximum absolute atomic E-state index is 11.6. The van der Waals surface area contributed by atoms with E-state index in [1.165, 1.54) is 18.3 Å². The van der Waals surface area contributed by atoms with Gasteiger partial charge in [0.2, 0.25) is 6.54 Å². The number of carbonyl (C=O) groups excluding carboxylic acids is 1. The first-order valence-electron chi connectivity index (χ1n) is 6.15. The van der Waals surface area contributed by atoms with Crippen LogP contribution in [0, 0.1) is 10.1 Å². The maximum Gasteiger partial charge on any atom is 0.305 e. The first-order valence-corrected chi connectivity index (χ1v) is 6.15. The Bertz CT molecular complexity index is 677. The van der Waals surface area contributed by atoms with Crippen LogP contribution in [0.2, 0.25) is 0 Å². The van der Waals surface area contributed by atoms with Gasteiger partial charge in [0, 0.05) is 29.8 Å². The average molecular weight is 321 g/mol. The van der Waals surface area contributed by atoms with E-state index in [2.05, 4.69) is 10.5 Å². The van der Waals surface area contributed by atoms with E-state index in [-0.39, 0.29) is 30.5 Å². The van der Waals surface area contributed by atoms with Gasteiger partial charge in [-0.15, -0.1) is 0 Å². The van der Waals surface area contributed by atoms with E-state index < -0.39 is 4.92 Å². The van der Waals surface area contributed by atoms with Crippen LogP contribution in [0.3, 0.4) is 0 Å². The van der Waals surface area contributed by atoms with E-state index in [0.717, 1.165) is 0 Å². The number of nitro benzene ring substituents is 1. The number of benzene rings is 1. The summed E-state index contributed by atoms with van der Waals surface area (Å²) in [6.07, 6.45) is 4.90. The number of pyridine rings is 1. The second-order valence-electron chi connectivity index (χ2n) is 4.19. The van der Waals surface area contributed by atoms with E-state index >= 15 is 0 Å². The van der Waals surface area contributed by atoms with Gasteiger partial charge in [0.1, 0.15) is 0 Å². The number of nitro groups is 1. The summed E-state index contributed by atoms with van der Waals surface area (Å²) in [5.74, 6) is -0.284. The van der Waals surface area contributed by atoms with Crippen molar-refractivity contribution in [3.63, 3.8) is 0 Å². The van der Waals surface area contributed by atoms with Crippen molar-refractivity contribution >= 4 is 17.8 Å². The minimum absolute atomic E-state index is 0. The molecule has 22 heavy (non-hydrogen) atoms. The average Bonchev–Trinajstić information content (AvgIpc) is 2.48. The van der Waals surface area contributed by atoms with Gasteiger partial charge < -0.3 is 12.4 Å². The van der Waals surface area contributed by atoms with Gasteiger partial charge in [-0.25, -0.2) is 5.43 Å². The van der Waals surface area contributed by atoms with Gasteiger partial charge in [0.25, 0.3) is 5.69 Å². The first-order chi connectivity index (χ1) is 10.1. The number of amides is 1. The standard InChI is InChI=1S/C14H12N4O3.ClH/c19-14(11-17-7-2-1-3-8-17)16-15-10-12-5-4-6-13(9-12)18(20)21;/h1-10H,11H2;1H. The molecule has 0 aliphatic heterocycles. The Morgan fingerprint density at radius 1 is 1.27 bits per heavy atom. The van der Waals surface area contributed by atoms with Crippen LogP contribution < -0.4 is 22.4 Å². The highest BCUT2D eigenvalue weighted by Crippen LogP contribution is 2.11. The molecule has 1 aromatic heterocycles. The van der Waals surface area contributed by atoms with Crippen LogP contribution >= 0.6 is 0 Å². The lowest BCUT2D eigenvalue weighted by Gasteiger charge is -1.97. The number of aromatic nitrogens is 1. The summed E-state index contributed by atoms with van der Waals surface area (Å²) in [6, 6.07) is 11.5. The van der Waals surface area contributed by atoms with Gasteiger partial charge in [-0.1, -0.05) is 18.2 Å². The molecule has 0 unspecified atom stereocenters. The molecule has 0 atom stereocenters. The third-order valence-electron chi connectivity index (χ3n) is 2.59. The zero-order valence-electron chi connectivity index (χ0n) is 11.4. The largest absolute Gasteiger partial charge is 1.00 e. The van der Waals surface area contributed by atoms with Crippen molar-refractivity contribution in [1.29, 1.82) is 0 Å². The van der Waals surface area contributed by atoms with Crippen molar-refractivity contribution in [2.75, 3.05) is 0 Å². The molecule has 0 spiro atoms. The molecule has 0 bridgehead atoms. The second-order valence-corrected chi connectivity index (χ2v) is 4.19. The molecule has 2 rings (SSSR count). The first kappa shape index (κ1) is 17.3. The van der Waals surface area contributed by atoms with Crippen LogP contribution in [-0.4, -0.2) is 17.0 Å². The minimum atomic E-state index is -0.484. The molecule has 0 aliphatic rings. The molecule has 1 N–H and O–H groups in total. The van der Waals surface area contributed by atoms with Crippen molar-refractivity contribution in [2.24, 2.45) is 5.10 Å². The number of carbonyl (C=O) groups is 1. The highest BCUT2D eigenvalue weighted by molar-refractivity contribution is 5.82. The summed E-state index contributed by atoms with van der Waals surface area (Å²) < 4.78 is 1.71. The van der Waals surface area contributed by atoms with Crippen molar-refractivity contribution < 1.29 is 26.7 Å². The summed E-state index contributed by atoms with van der Waals surface area (Å²) in [5.41, 5.74) is 2.88. The molecule has 0 saturated heterocycles. The van der Waals surface area contributed by atoms with Crippen LogP contribution in [0.1, 0.15) is 5.56 Å². The SMILES string of the molecule is O=C(C[n+]1ccccc1)NN=Cc1cccc([N+](=O)[O-])c1.[Cl-]. The van der Waals surface area contributed by atoms with Crippen molar-refractivity contribution in [3.05, 3.63) is 70.5 Å². The van der Waals surface area contributed by atoms with Crippen LogP contribution in [0.4, 0.5) is 5.69 Å². The summed E-state index contributed by atoms with van der Waals surface area (Å²) in [6.45, 7) is 0.146. The third kappa shape index (κ3) is 5.29. The van der Waals surface area contributed by atoms with E-state index in [4.69, 9.17) is 0 Å². The Morgan fingerprint density at radius 3 is 2.68 bits per heavy atom. The summed E-state index contributed by atoms with van der Waals surface area (Å²) in [7, 11) is 0. The van der Waals surface area contributed by atoms with Crippen molar-refractivity contribution in [2.45, 2.75) is 6.54 Å². The normalized spacial score (nSPS) is 10.0.